The van der Waals surface area contributed by atoms with Crippen molar-refractivity contribution in [1.29, 1.82) is 0 Å². The summed E-state index contributed by atoms with van der Waals surface area (Å²) in [5, 5.41) is 2.85. The first-order valence-corrected chi connectivity index (χ1v) is 12.9. The molecule has 0 radical (unpaired) electrons. The van der Waals surface area contributed by atoms with Crippen molar-refractivity contribution in [2.45, 2.75) is 64.6 Å². The third kappa shape index (κ3) is 6.01. The van der Waals surface area contributed by atoms with Gasteiger partial charge in [-0.15, -0.1) is 0 Å². The van der Waals surface area contributed by atoms with Crippen LogP contribution < -0.4 is 5.32 Å². The van der Waals surface area contributed by atoms with Gasteiger partial charge in [-0.3, -0.25) is 4.79 Å². The number of rotatable bonds is 7. The van der Waals surface area contributed by atoms with Gasteiger partial charge in [0.1, 0.15) is 0 Å². The monoisotopic (exact) mass is 391 g/mol. The van der Waals surface area contributed by atoms with Crippen LogP contribution in [0, 0.1) is 5.92 Å². The summed E-state index contributed by atoms with van der Waals surface area (Å²) < 4.78 is 21.0. The molecule has 1 aromatic rings. The molecule has 0 bridgehead atoms. The van der Waals surface area contributed by atoms with Crippen LogP contribution in [0.1, 0.15) is 45.6 Å². The number of nitrogens with one attached hydrogen (secondary N) is 1. The lowest BCUT2D eigenvalue weighted by molar-refractivity contribution is -0.119. The van der Waals surface area contributed by atoms with E-state index in [-0.39, 0.29) is 11.0 Å². The van der Waals surface area contributed by atoms with Crippen LogP contribution in [0.4, 0.5) is 4.39 Å². The molecule has 27 heavy (non-hydrogen) atoms. The van der Waals surface area contributed by atoms with E-state index in [0.717, 1.165) is 18.4 Å². The van der Waals surface area contributed by atoms with Gasteiger partial charge in [-0.1, -0.05) is 51.1 Å². The summed E-state index contributed by atoms with van der Waals surface area (Å²) in [6.45, 7) is 12.0. The molecule has 1 fully saturated rings. The van der Waals surface area contributed by atoms with Crippen LogP contribution in [0.2, 0.25) is 18.1 Å². The fraction of sp³-hybridized carbons (Fsp3) is 0.591. The first-order chi connectivity index (χ1) is 12.6. The van der Waals surface area contributed by atoms with E-state index in [4.69, 9.17) is 4.43 Å². The van der Waals surface area contributed by atoms with Crippen molar-refractivity contribution in [3.8, 4) is 0 Å². The van der Waals surface area contributed by atoms with Crippen LogP contribution in [0.5, 0.6) is 0 Å². The molecule has 1 aliphatic rings. The van der Waals surface area contributed by atoms with Gasteiger partial charge in [0.2, 0.25) is 0 Å². The third-order valence-electron chi connectivity index (χ3n) is 5.97. The highest BCUT2D eigenvalue weighted by atomic mass is 28.4. The molecule has 0 heterocycles. The summed E-state index contributed by atoms with van der Waals surface area (Å²) in [6, 6.07) is 9.90. The predicted molar refractivity (Wildman–Crippen MR) is 112 cm³/mol. The molecule has 3 nitrogen and oxygen atoms in total. The summed E-state index contributed by atoms with van der Waals surface area (Å²) in [4.78, 5) is 12.3. The number of amides is 1. The Balaban J connectivity index is 1.92. The number of hydrogen-bond acceptors (Lipinski definition) is 2. The zero-order valence-electron chi connectivity index (χ0n) is 17.4. The Hall–Kier alpha value is -1.46. The van der Waals surface area contributed by atoms with Gasteiger partial charge in [-0.05, 0) is 55.0 Å². The molecule has 0 aliphatic heterocycles. The van der Waals surface area contributed by atoms with Crippen molar-refractivity contribution in [3.05, 3.63) is 47.3 Å². The summed E-state index contributed by atoms with van der Waals surface area (Å²) in [6.07, 6.45) is 3.18. The Morgan fingerprint density at radius 1 is 1.26 bits per heavy atom. The molecule has 1 N–H and O–H groups in total. The number of benzene rings is 1. The fourth-order valence-electron chi connectivity index (χ4n) is 3.10. The van der Waals surface area contributed by atoms with Crippen LogP contribution in [0.25, 0.3) is 0 Å². The number of hydrogen-bond donors (Lipinski definition) is 1. The Bertz CT molecular complexity index is 665. The Kier molecular flexibility index (Phi) is 7.40. The molecule has 0 spiro atoms. The maximum atomic E-state index is 14.8. The van der Waals surface area contributed by atoms with Crippen molar-refractivity contribution in [2.75, 3.05) is 13.2 Å². The van der Waals surface area contributed by atoms with E-state index in [9.17, 15) is 9.18 Å². The van der Waals surface area contributed by atoms with E-state index in [0.29, 0.717) is 31.6 Å². The zero-order valence-corrected chi connectivity index (χ0v) is 18.4. The standard InChI is InChI=1S/C22H34FNO2Si/c1-22(2,3)27(4,5)26-16-18-12-9-13-19(18)20(23)21(25)24-15-14-17-10-7-6-8-11-17/h6-8,10-11,18H,9,12-16H2,1-5H3,(H,24,25)/b20-19+. The summed E-state index contributed by atoms with van der Waals surface area (Å²) in [5.41, 5.74) is 1.78. The average Bonchev–Trinajstić information content (AvgIpc) is 3.07. The quantitative estimate of drug-likeness (QED) is 0.500. The molecule has 1 atom stereocenters. The second-order valence-corrected chi connectivity index (χ2v) is 13.8. The van der Waals surface area contributed by atoms with Crippen molar-refractivity contribution >= 4 is 14.2 Å². The fourth-order valence-corrected chi connectivity index (χ4v) is 4.15. The summed E-state index contributed by atoms with van der Waals surface area (Å²) in [5.74, 6) is -1.15. The van der Waals surface area contributed by atoms with Gasteiger partial charge >= 0.3 is 0 Å². The molecule has 1 unspecified atom stereocenters. The predicted octanol–water partition coefficient (Wildman–Crippen LogP) is 5.39. The van der Waals surface area contributed by atoms with Crippen molar-refractivity contribution < 1.29 is 13.6 Å². The first-order valence-electron chi connectivity index (χ1n) is 9.96. The second kappa shape index (κ2) is 9.15. The Morgan fingerprint density at radius 2 is 1.93 bits per heavy atom. The molecular formula is C22H34FNO2Si. The summed E-state index contributed by atoms with van der Waals surface area (Å²) >= 11 is 0. The van der Waals surface area contributed by atoms with Gasteiger partial charge < -0.3 is 9.74 Å². The highest BCUT2D eigenvalue weighted by Crippen LogP contribution is 2.39. The second-order valence-electron chi connectivity index (χ2n) is 8.99. The number of carbonyl (C=O) groups excluding carboxylic acids is 1. The molecule has 1 aliphatic carbocycles. The maximum Gasteiger partial charge on any atom is 0.280 e. The normalized spacial score (nSPS) is 19.9. The average molecular weight is 392 g/mol. The lowest BCUT2D eigenvalue weighted by Gasteiger charge is -2.37. The van der Waals surface area contributed by atoms with E-state index < -0.39 is 20.1 Å². The summed E-state index contributed by atoms with van der Waals surface area (Å²) in [7, 11) is -1.87. The smallest absolute Gasteiger partial charge is 0.280 e. The van der Waals surface area contributed by atoms with Gasteiger partial charge in [0.05, 0.1) is 0 Å². The highest BCUT2D eigenvalue weighted by molar-refractivity contribution is 6.74. The molecule has 150 valence electrons. The van der Waals surface area contributed by atoms with Gasteiger partial charge in [-0.25, -0.2) is 4.39 Å². The highest BCUT2D eigenvalue weighted by Gasteiger charge is 2.38. The molecular weight excluding hydrogens is 357 g/mol. The van der Waals surface area contributed by atoms with Crippen LogP contribution in [0.3, 0.4) is 0 Å². The number of carbonyl (C=O) groups is 1. The molecule has 2 rings (SSSR count). The van der Waals surface area contributed by atoms with Gasteiger partial charge in [0.15, 0.2) is 14.1 Å². The van der Waals surface area contributed by atoms with Crippen LogP contribution in [-0.2, 0) is 15.6 Å². The number of halogens is 1. The van der Waals surface area contributed by atoms with E-state index in [1.807, 2.05) is 30.3 Å². The minimum Gasteiger partial charge on any atom is -0.416 e. The third-order valence-corrected chi connectivity index (χ3v) is 10.5. The van der Waals surface area contributed by atoms with Crippen LogP contribution in [-0.4, -0.2) is 27.4 Å². The Labute approximate surface area is 164 Å². The van der Waals surface area contributed by atoms with E-state index in [1.165, 1.54) is 0 Å². The van der Waals surface area contributed by atoms with Crippen molar-refractivity contribution in [2.24, 2.45) is 5.92 Å². The van der Waals surface area contributed by atoms with Crippen LogP contribution in [0.15, 0.2) is 41.7 Å². The van der Waals surface area contributed by atoms with E-state index in [1.54, 1.807) is 0 Å². The van der Waals surface area contributed by atoms with Crippen molar-refractivity contribution in [3.63, 3.8) is 0 Å². The van der Waals surface area contributed by atoms with Gasteiger partial charge in [0.25, 0.3) is 5.91 Å². The largest absolute Gasteiger partial charge is 0.416 e. The zero-order chi connectivity index (χ0) is 20.1. The Morgan fingerprint density at radius 3 is 2.56 bits per heavy atom. The SMILES string of the molecule is CC(C)(C)[Si](C)(C)OCC1CCC/C1=C(\F)C(=O)NCCc1ccccc1. The minimum absolute atomic E-state index is 0.0269. The van der Waals surface area contributed by atoms with E-state index >= 15 is 0 Å². The molecule has 1 amide bonds. The van der Waals surface area contributed by atoms with Crippen molar-refractivity contribution in [1.82, 2.24) is 5.32 Å². The van der Waals surface area contributed by atoms with Crippen LogP contribution >= 0.6 is 0 Å². The molecule has 0 aromatic heterocycles. The van der Waals surface area contributed by atoms with Gasteiger partial charge in [0, 0.05) is 19.1 Å². The minimum atomic E-state index is -1.87. The molecule has 5 heteroatoms. The molecule has 0 saturated heterocycles. The molecule has 1 saturated carbocycles. The lowest BCUT2D eigenvalue weighted by atomic mass is 10.0. The van der Waals surface area contributed by atoms with Gasteiger partial charge in [-0.2, -0.15) is 0 Å². The topological polar surface area (TPSA) is 38.3 Å². The van der Waals surface area contributed by atoms with E-state index in [2.05, 4.69) is 39.2 Å². The lowest BCUT2D eigenvalue weighted by Crippen LogP contribution is -2.42. The maximum absolute atomic E-state index is 14.8. The molecule has 1 aromatic carbocycles. The first kappa shape index (κ1) is 21.8.